The Labute approximate surface area is 72.1 Å². The van der Waals surface area contributed by atoms with Gasteiger partial charge >= 0.3 is 0 Å². The van der Waals surface area contributed by atoms with Crippen LogP contribution in [-0.2, 0) is 19.2 Å². The Hall–Kier alpha value is -0.210. The second kappa shape index (κ2) is 4.15. The Kier molecular flexibility index (Phi) is 4.08. The predicted molar refractivity (Wildman–Crippen MR) is 43.3 cm³/mol. The van der Waals surface area contributed by atoms with Gasteiger partial charge in [-0.1, -0.05) is 0 Å². The van der Waals surface area contributed by atoms with Gasteiger partial charge in [0.05, 0.1) is 18.4 Å². The lowest BCUT2D eigenvalue weighted by Crippen LogP contribution is -2.45. The first-order valence-corrected chi connectivity index (χ1v) is 4.82. The van der Waals surface area contributed by atoms with Crippen molar-refractivity contribution in [3.05, 3.63) is 0 Å². The van der Waals surface area contributed by atoms with Gasteiger partial charge in [-0.25, -0.2) is 0 Å². The highest BCUT2D eigenvalue weighted by Gasteiger charge is 2.26. The fourth-order valence-electron chi connectivity index (χ4n) is 0.782. The number of hydrogen-bond acceptors (Lipinski definition) is 6. The molecule has 0 aromatic rings. The van der Waals surface area contributed by atoms with Gasteiger partial charge in [-0.05, 0) is 13.8 Å². The van der Waals surface area contributed by atoms with E-state index in [0.29, 0.717) is 0 Å². The second-order valence-corrected chi connectivity index (χ2v) is 4.58. The van der Waals surface area contributed by atoms with Crippen LogP contribution in [0.3, 0.4) is 0 Å². The Morgan fingerprint density at radius 1 is 1.50 bits per heavy atom. The molecule has 3 N–H and O–H groups in total. The molecule has 0 atom stereocenters. The lowest BCUT2D eigenvalue weighted by atomic mass is 10.1. The van der Waals surface area contributed by atoms with E-state index in [1.54, 1.807) is 13.8 Å². The Bertz CT molecular complexity index is 224. The molecule has 0 aliphatic carbocycles. The molecule has 12 heavy (non-hydrogen) atoms. The fourth-order valence-corrected chi connectivity index (χ4v) is 1.79. The maximum atomic E-state index is 10.8. The first-order chi connectivity index (χ1) is 5.33. The van der Waals surface area contributed by atoms with Crippen LogP contribution in [0.4, 0.5) is 0 Å². The number of nitrogens with one attached hydrogen (secondary N) is 1. The third-order valence-corrected chi connectivity index (χ3v) is 2.43. The molecule has 0 bridgehead atoms. The first-order valence-electron chi connectivity index (χ1n) is 3.24. The quantitative estimate of drug-likeness (QED) is 0.558. The lowest BCUT2D eigenvalue weighted by Gasteiger charge is -2.22. The summed E-state index contributed by atoms with van der Waals surface area (Å²) in [5.41, 5.74) is 1.77. The molecule has 0 radical (unpaired) electrons. The molecule has 0 rings (SSSR count). The maximum Gasteiger partial charge on any atom is 0.284 e. The highest BCUT2D eigenvalue weighted by Crippen LogP contribution is 2.06. The summed E-state index contributed by atoms with van der Waals surface area (Å²) in [6.45, 7) is 3.29. The van der Waals surface area contributed by atoms with Crippen LogP contribution in [0.2, 0.25) is 0 Å². The van der Waals surface area contributed by atoms with Gasteiger partial charge in [-0.3, -0.25) is 0 Å². The molecule has 0 heterocycles. The van der Waals surface area contributed by atoms with E-state index in [2.05, 4.69) is 20.5 Å². The van der Waals surface area contributed by atoms with E-state index >= 15 is 0 Å². The Morgan fingerprint density at radius 3 is 2.33 bits per heavy atom. The third kappa shape index (κ3) is 4.62. The summed E-state index contributed by atoms with van der Waals surface area (Å²) in [5.74, 6) is 4.29. The molecule has 0 spiro atoms. The smallest absolute Gasteiger partial charge is 0.284 e. The van der Waals surface area contributed by atoms with Crippen LogP contribution >= 0.6 is 0 Å². The van der Waals surface area contributed by atoms with Gasteiger partial charge in [-0.15, -0.1) is 0 Å². The van der Waals surface area contributed by atoms with E-state index in [1.807, 2.05) is 0 Å². The monoisotopic (exact) mass is 198 g/mol. The first kappa shape index (κ1) is 11.8. The summed E-state index contributed by atoms with van der Waals surface area (Å²) in [5, 5.41) is 0. The van der Waals surface area contributed by atoms with Crippen LogP contribution in [-0.4, -0.2) is 26.8 Å². The maximum absolute atomic E-state index is 10.8. The highest BCUT2D eigenvalue weighted by atomic mass is 32.2. The number of hydroxylamine groups is 1. The molecule has 0 aliphatic rings. The van der Waals surface area contributed by atoms with Crippen molar-refractivity contribution in [1.82, 2.24) is 5.48 Å². The van der Waals surface area contributed by atoms with Gasteiger partial charge < -0.3 is 4.84 Å². The lowest BCUT2D eigenvalue weighted by molar-refractivity contribution is 0.0352. The van der Waals surface area contributed by atoms with E-state index in [9.17, 15) is 8.42 Å². The molecule has 0 aromatic carbocycles. The van der Waals surface area contributed by atoms with Crippen LogP contribution in [0.5, 0.6) is 0 Å². The average molecular weight is 198 g/mol. The average Bonchev–Trinajstić information content (AvgIpc) is 1.85. The Balaban J connectivity index is 4.24. The molecule has 0 aliphatic heterocycles. The minimum Gasteiger partial charge on any atom is -0.305 e. The van der Waals surface area contributed by atoms with Crippen LogP contribution in [0.15, 0.2) is 0 Å². The molecule has 0 saturated heterocycles. The number of rotatable bonds is 5. The fraction of sp³-hybridized carbons (Fsp3) is 1.00. The molecule has 0 amide bonds. The van der Waals surface area contributed by atoms with Gasteiger partial charge in [0.2, 0.25) is 0 Å². The van der Waals surface area contributed by atoms with Crippen molar-refractivity contribution in [2.75, 3.05) is 12.9 Å². The van der Waals surface area contributed by atoms with E-state index in [0.717, 1.165) is 0 Å². The van der Waals surface area contributed by atoms with Crippen molar-refractivity contribution in [1.29, 1.82) is 0 Å². The zero-order valence-electron chi connectivity index (χ0n) is 7.33. The van der Waals surface area contributed by atoms with Crippen molar-refractivity contribution >= 4 is 10.1 Å². The van der Waals surface area contributed by atoms with Crippen molar-refractivity contribution in [3.63, 3.8) is 0 Å². The van der Waals surface area contributed by atoms with Gasteiger partial charge in [-0.2, -0.15) is 24.1 Å². The number of hydrogen-bond donors (Lipinski definition) is 2. The molecule has 0 fully saturated rings. The predicted octanol–water partition coefficient (Wildman–Crippen LogP) is -0.864. The largest absolute Gasteiger partial charge is 0.305 e. The Morgan fingerprint density at radius 2 is 2.00 bits per heavy atom. The summed E-state index contributed by atoms with van der Waals surface area (Å²) in [6, 6.07) is 0. The summed E-state index contributed by atoms with van der Waals surface area (Å²) in [7, 11) is -2.26. The molecule has 0 saturated carbocycles. The van der Waals surface area contributed by atoms with Crippen LogP contribution in [0.1, 0.15) is 13.8 Å². The van der Waals surface area contributed by atoms with Gasteiger partial charge in [0.1, 0.15) is 0 Å². The minimum atomic E-state index is -3.66. The van der Waals surface area contributed by atoms with Gasteiger partial charge in [0.15, 0.2) is 0 Å². The second-order valence-electron chi connectivity index (χ2n) is 2.99. The summed E-state index contributed by atoms with van der Waals surface area (Å²) in [4.78, 5) is 4.59. The zero-order chi connectivity index (χ0) is 9.83. The van der Waals surface area contributed by atoms with Crippen LogP contribution in [0, 0.1) is 0 Å². The summed E-state index contributed by atoms with van der Waals surface area (Å²) in [6.07, 6.45) is 0. The van der Waals surface area contributed by atoms with Crippen LogP contribution in [0.25, 0.3) is 0 Å². The van der Waals surface area contributed by atoms with E-state index in [4.69, 9.17) is 0 Å². The summed E-state index contributed by atoms with van der Waals surface area (Å²) < 4.78 is 25.5. The van der Waals surface area contributed by atoms with Crippen molar-refractivity contribution in [3.8, 4) is 0 Å². The molecule has 74 valence electrons. The van der Waals surface area contributed by atoms with Gasteiger partial charge in [0, 0.05) is 0 Å². The standard InChI is InChI=1S/C5H14N2O4S/c1-5(2,7-10-3)4-12(8,9)11-6/h7H,4,6H2,1-3H3. The topological polar surface area (TPSA) is 90.6 Å². The molecule has 0 unspecified atom stereocenters. The number of nitrogens with two attached hydrogens (primary N) is 1. The van der Waals surface area contributed by atoms with E-state index < -0.39 is 15.7 Å². The summed E-state index contributed by atoms with van der Waals surface area (Å²) >= 11 is 0. The zero-order valence-corrected chi connectivity index (χ0v) is 8.14. The molecule has 0 aromatic heterocycles. The molecule has 6 nitrogen and oxygen atoms in total. The molecular weight excluding hydrogens is 184 g/mol. The van der Waals surface area contributed by atoms with Crippen molar-refractivity contribution in [2.45, 2.75) is 19.4 Å². The SMILES string of the molecule is CONC(C)(C)CS(=O)(=O)ON. The normalized spacial score (nSPS) is 13.3. The van der Waals surface area contributed by atoms with Crippen molar-refractivity contribution in [2.24, 2.45) is 5.90 Å². The van der Waals surface area contributed by atoms with E-state index in [-0.39, 0.29) is 5.75 Å². The third-order valence-electron chi connectivity index (χ3n) is 1.06. The van der Waals surface area contributed by atoms with Gasteiger partial charge in [0.25, 0.3) is 10.1 Å². The molecule has 7 heteroatoms. The highest BCUT2D eigenvalue weighted by molar-refractivity contribution is 7.86. The van der Waals surface area contributed by atoms with Crippen LogP contribution < -0.4 is 11.4 Å². The molecular formula is C5H14N2O4S. The minimum absolute atomic E-state index is 0.260. The van der Waals surface area contributed by atoms with E-state index in [1.165, 1.54) is 7.11 Å². The van der Waals surface area contributed by atoms with Crippen molar-refractivity contribution < 1.29 is 17.5 Å².